The Hall–Kier alpha value is -0.970. The molecule has 0 saturated carbocycles. The van der Waals surface area contributed by atoms with Crippen molar-refractivity contribution in [3.8, 4) is 0 Å². The molecule has 0 aromatic carbocycles. The standard InChI is InChI=1S/C3H9N.CH4N4/c1-3-4-2;2-4-1-5-3/h4H,3H2,1-2H3;1-2H,3H2. The lowest BCUT2D eigenvalue weighted by Crippen LogP contribution is -2.01. The molecule has 9 heavy (non-hydrogen) atoms. The molecule has 0 aliphatic rings. The normalized spacial score (nSPS) is 8.22. The highest BCUT2D eigenvalue weighted by Crippen LogP contribution is 1.44. The third-order valence-electron chi connectivity index (χ3n) is 0.478. The Labute approximate surface area is 54.8 Å². The molecule has 0 unspecified atom stereocenters. The van der Waals surface area contributed by atoms with Crippen molar-refractivity contribution in [3.63, 3.8) is 0 Å². The molecule has 5 nitrogen and oxygen atoms in total. The first-order chi connectivity index (χ1) is 4.33. The zero-order chi connectivity index (χ0) is 7.54. The van der Waals surface area contributed by atoms with E-state index in [1.165, 1.54) is 0 Å². The van der Waals surface area contributed by atoms with Gasteiger partial charge in [0.1, 0.15) is 0 Å². The molecular formula is C4H13N5. The third-order valence-corrected chi connectivity index (χ3v) is 0.478. The summed E-state index contributed by atoms with van der Waals surface area (Å²) in [6, 6.07) is 0. The van der Waals surface area contributed by atoms with Gasteiger partial charge < -0.3 is 11.2 Å². The Bertz CT molecular complexity index is 67.4. The minimum atomic E-state index is 0.944. The minimum Gasteiger partial charge on any atom is -0.322 e. The van der Waals surface area contributed by atoms with Crippen LogP contribution in [0.4, 0.5) is 0 Å². The van der Waals surface area contributed by atoms with Crippen LogP contribution in [0.5, 0.6) is 0 Å². The molecule has 0 spiro atoms. The molecular weight excluding hydrogens is 118 g/mol. The summed E-state index contributed by atoms with van der Waals surface area (Å²) in [4.78, 5) is 0. The van der Waals surface area contributed by atoms with Gasteiger partial charge in [0.2, 0.25) is 0 Å². The van der Waals surface area contributed by atoms with E-state index in [1.54, 1.807) is 0 Å². The smallest absolute Gasteiger partial charge is 0.156 e. The highest BCUT2D eigenvalue weighted by atomic mass is 15.2. The summed E-state index contributed by atoms with van der Waals surface area (Å²) >= 11 is 0. The molecule has 5 heteroatoms. The predicted molar refractivity (Wildman–Crippen MR) is 37.4 cm³/mol. The molecule has 0 amide bonds. The molecule has 0 aliphatic carbocycles. The van der Waals surface area contributed by atoms with E-state index >= 15 is 0 Å². The van der Waals surface area contributed by atoms with Gasteiger partial charge in [-0.25, -0.2) is 5.53 Å². The van der Waals surface area contributed by atoms with E-state index in [1.807, 2.05) is 7.05 Å². The summed E-state index contributed by atoms with van der Waals surface area (Å²) in [6.45, 7) is 3.14. The summed E-state index contributed by atoms with van der Waals surface area (Å²) in [5.74, 6) is 4.49. The number of nitrogens with one attached hydrogen (secondary N) is 2. The van der Waals surface area contributed by atoms with Gasteiger partial charge in [-0.2, -0.15) is 5.10 Å². The number of hydrazone groups is 1. The molecule has 0 bridgehead atoms. The highest BCUT2D eigenvalue weighted by Gasteiger charge is 1.50. The lowest BCUT2D eigenvalue weighted by atomic mass is 10.8. The topological polar surface area (TPSA) is 86.6 Å². The van der Waals surface area contributed by atoms with Crippen molar-refractivity contribution in [3.05, 3.63) is 0 Å². The van der Waals surface area contributed by atoms with E-state index in [0.29, 0.717) is 0 Å². The van der Waals surface area contributed by atoms with Gasteiger partial charge in [-0.3, -0.25) is 0 Å². The first kappa shape index (κ1) is 10.9. The Morgan fingerprint density at radius 1 is 1.78 bits per heavy atom. The Balaban J connectivity index is 0. The Morgan fingerprint density at radius 3 is 2.22 bits per heavy atom. The van der Waals surface area contributed by atoms with Crippen molar-refractivity contribution < 1.29 is 0 Å². The van der Waals surface area contributed by atoms with Crippen LogP contribution in [0.3, 0.4) is 0 Å². The van der Waals surface area contributed by atoms with Gasteiger partial charge >= 0.3 is 0 Å². The van der Waals surface area contributed by atoms with E-state index in [0.717, 1.165) is 12.9 Å². The van der Waals surface area contributed by atoms with E-state index < -0.39 is 0 Å². The number of hydrogen-bond donors (Lipinski definition) is 3. The van der Waals surface area contributed by atoms with Crippen molar-refractivity contribution >= 4 is 6.34 Å². The van der Waals surface area contributed by atoms with E-state index in [2.05, 4.69) is 28.3 Å². The van der Waals surface area contributed by atoms with Crippen LogP contribution < -0.4 is 11.2 Å². The van der Waals surface area contributed by atoms with Crippen molar-refractivity contribution in [2.24, 2.45) is 16.1 Å². The first-order valence-electron chi connectivity index (χ1n) is 2.56. The van der Waals surface area contributed by atoms with Gasteiger partial charge in [-0.15, -0.1) is 5.11 Å². The molecule has 4 N–H and O–H groups in total. The van der Waals surface area contributed by atoms with Crippen LogP contribution in [0.1, 0.15) is 6.92 Å². The summed E-state index contributed by atoms with van der Waals surface area (Å²) in [5, 5.41) is 8.49. The molecule has 0 radical (unpaired) electrons. The van der Waals surface area contributed by atoms with E-state index in [-0.39, 0.29) is 0 Å². The molecule has 0 aromatic rings. The largest absolute Gasteiger partial charge is 0.322 e. The average Bonchev–Trinajstić information content (AvgIpc) is 1.91. The van der Waals surface area contributed by atoms with Crippen LogP contribution in [-0.2, 0) is 0 Å². The summed E-state index contributed by atoms with van der Waals surface area (Å²) in [5.41, 5.74) is 6.00. The monoisotopic (exact) mass is 131 g/mol. The maximum atomic E-state index is 6.00. The van der Waals surface area contributed by atoms with E-state index in [4.69, 9.17) is 5.53 Å². The lowest BCUT2D eigenvalue weighted by Gasteiger charge is -1.76. The molecule has 0 atom stereocenters. The number of nitrogens with two attached hydrogens (primary N) is 1. The lowest BCUT2D eigenvalue weighted by molar-refractivity contribution is 0.864. The SMILES string of the molecule is CCNC.N=NC=NN. The summed E-state index contributed by atoms with van der Waals surface area (Å²) in [7, 11) is 1.93. The maximum Gasteiger partial charge on any atom is 0.156 e. The highest BCUT2D eigenvalue weighted by molar-refractivity contribution is 5.52. The van der Waals surface area contributed by atoms with Crippen molar-refractivity contribution in [1.29, 1.82) is 5.53 Å². The fourth-order valence-corrected chi connectivity index (χ4v) is 0.0333. The zero-order valence-corrected chi connectivity index (χ0v) is 5.76. The molecule has 0 aliphatic heterocycles. The third kappa shape index (κ3) is 43.2. The van der Waals surface area contributed by atoms with Crippen LogP contribution in [0.15, 0.2) is 10.2 Å². The predicted octanol–water partition coefficient (Wildman–Crippen LogP) is 0.145. The minimum absolute atomic E-state index is 0.944. The van der Waals surface area contributed by atoms with Gasteiger partial charge in [0, 0.05) is 0 Å². The van der Waals surface area contributed by atoms with Crippen molar-refractivity contribution in [2.75, 3.05) is 13.6 Å². The number of hydrogen-bond acceptors (Lipinski definition) is 4. The van der Waals surface area contributed by atoms with Crippen LogP contribution in [0.2, 0.25) is 0 Å². The maximum absolute atomic E-state index is 6.00. The molecule has 0 aromatic heterocycles. The van der Waals surface area contributed by atoms with Gasteiger partial charge in [0.15, 0.2) is 6.34 Å². The van der Waals surface area contributed by atoms with E-state index in [9.17, 15) is 0 Å². The zero-order valence-electron chi connectivity index (χ0n) is 5.76. The molecule has 0 rings (SSSR count). The summed E-state index contributed by atoms with van der Waals surface area (Å²) < 4.78 is 0. The van der Waals surface area contributed by atoms with Crippen molar-refractivity contribution in [1.82, 2.24) is 5.32 Å². The molecule has 0 heterocycles. The van der Waals surface area contributed by atoms with Crippen LogP contribution >= 0.6 is 0 Å². The second-order valence-corrected chi connectivity index (χ2v) is 1.10. The quantitative estimate of drug-likeness (QED) is 0.164. The van der Waals surface area contributed by atoms with Gasteiger partial charge in [0.05, 0.1) is 0 Å². The van der Waals surface area contributed by atoms with Crippen LogP contribution in [-0.4, -0.2) is 19.9 Å². The molecule has 0 saturated heterocycles. The number of rotatable bonds is 2. The van der Waals surface area contributed by atoms with Gasteiger partial charge in [-0.1, -0.05) is 6.92 Å². The van der Waals surface area contributed by atoms with Crippen LogP contribution in [0, 0.1) is 5.53 Å². The average molecular weight is 131 g/mol. The fourth-order valence-electron chi connectivity index (χ4n) is 0.0333. The Morgan fingerprint density at radius 2 is 2.22 bits per heavy atom. The Kier molecular flexibility index (Phi) is 19.1. The van der Waals surface area contributed by atoms with Gasteiger partial charge in [-0.05, 0) is 13.6 Å². The first-order valence-corrected chi connectivity index (χ1v) is 2.56. The summed E-state index contributed by atoms with van der Waals surface area (Å²) in [6.07, 6.45) is 0.944. The molecule has 0 fully saturated rings. The molecule has 54 valence electrons. The number of nitrogens with zero attached hydrogens (tertiary/aromatic N) is 2. The second-order valence-electron chi connectivity index (χ2n) is 1.10. The van der Waals surface area contributed by atoms with Crippen LogP contribution in [0.25, 0.3) is 0 Å². The van der Waals surface area contributed by atoms with Gasteiger partial charge in [0.25, 0.3) is 0 Å². The fraction of sp³-hybridized carbons (Fsp3) is 0.750. The van der Waals surface area contributed by atoms with Crippen molar-refractivity contribution in [2.45, 2.75) is 6.92 Å². The second kappa shape index (κ2) is 15.7.